The summed E-state index contributed by atoms with van der Waals surface area (Å²) >= 11 is 0. The molecule has 4 fully saturated rings. The van der Waals surface area contributed by atoms with Crippen LogP contribution in [0.15, 0.2) is 12.7 Å². The maximum Gasteiger partial charge on any atom is 0.192 e. The molecule has 2 nitrogen and oxygen atoms in total. The molecule has 4 aliphatic rings. The van der Waals surface area contributed by atoms with E-state index < -0.39 is 13.9 Å². The van der Waals surface area contributed by atoms with Gasteiger partial charge in [0.1, 0.15) is 0 Å². The highest BCUT2D eigenvalue weighted by Crippen LogP contribution is 2.65. The molecule has 0 heterocycles. The topological polar surface area (TPSA) is 29.5 Å². The molecule has 0 aliphatic heterocycles. The predicted molar refractivity (Wildman–Crippen MR) is 133 cm³/mol. The second kappa shape index (κ2) is 7.98. The molecule has 3 heteroatoms. The molecule has 1 N–H and O–H groups in total. The van der Waals surface area contributed by atoms with Crippen molar-refractivity contribution in [1.29, 1.82) is 0 Å². The molecule has 4 rings (SSSR count). The van der Waals surface area contributed by atoms with Gasteiger partial charge >= 0.3 is 0 Å². The highest BCUT2D eigenvalue weighted by molar-refractivity contribution is 6.74. The summed E-state index contributed by atoms with van der Waals surface area (Å²) in [6.45, 7) is 20.9. The van der Waals surface area contributed by atoms with E-state index in [4.69, 9.17) is 4.43 Å². The normalized spacial score (nSPS) is 46.6. The van der Waals surface area contributed by atoms with Gasteiger partial charge in [0.2, 0.25) is 0 Å². The van der Waals surface area contributed by atoms with Crippen LogP contribution in [0.3, 0.4) is 0 Å². The lowest BCUT2D eigenvalue weighted by Crippen LogP contribution is -2.52. The second-order valence-electron chi connectivity index (χ2n) is 13.8. The minimum absolute atomic E-state index is 0.282. The SMILES string of the molecule is C=C[C@@]1(O)CC[C@H]2[C@H](CC[C@@H]3[C@@H]2CC[C@]2(C)C(C(C)O[Si](C)(C)C(C)(C)C)CC[C@@H]32)C1. The average molecular weight is 447 g/mol. The van der Waals surface area contributed by atoms with Crippen molar-refractivity contribution < 1.29 is 9.53 Å². The highest BCUT2D eigenvalue weighted by Gasteiger charge is 2.59. The first-order valence-electron chi connectivity index (χ1n) is 13.4. The molecule has 4 aliphatic carbocycles. The zero-order valence-electron chi connectivity index (χ0n) is 21.5. The Kier molecular flexibility index (Phi) is 6.18. The Labute approximate surface area is 193 Å². The Morgan fingerprint density at radius 2 is 1.68 bits per heavy atom. The molecule has 31 heavy (non-hydrogen) atoms. The predicted octanol–water partition coefficient (Wildman–Crippen LogP) is 7.58. The van der Waals surface area contributed by atoms with Crippen molar-refractivity contribution in [1.82, 2.24) is 0 Å². The molecule has 0 radical (unpaired) electrons. The quantitative estimate of drug-likeness (QED) is 0.356. The number of fused-ring (bicyclic) bond motifs is 5. The fourth-order valence-corrected chi connectivity index (χ4v) is 10.1. The van der Waals surface area contributed by atoms with Gasteiger partial charge < -0.3 is 9.53 Å². The van der Waals surface area contributed by atoms with Crippen LogP contribution >= 0.6 is 0 Å². The van der Waals surface area contributed by atoms with Crippen LogP contribution in [0, 0.1) is 40.9 Å². The van der Waals surface area contributed by atoms with Crippen molar-refractivity contribution >= 4 is 8.32 Å². The minimum atomic E-state index is -1.73. The van der Waals surface area contributed by atoms with Crippen molar-refractivity contribution in [3.05, 3.63) is 12.7 Å². The summed E-state index contributed by atoms with van der Waals surface area (Å²) < 4.78 is 6.96. The third-order valence-corrected chi connectivity index (χ3v) is 15.9. The molecule has 0 bridgehead atoms. The molecular formula is C28H50O2Si. The Morgan fingerprint density at radius 3 is 2.32 bits per heavy atom. The molecule has 0 aromatic heterocycles. The first-order chi connectivity index (χ1) is 14.3. The summed E-state index contributed by atoms with van der Waals surface area (Å²) in [7, 11) is -1.73. The van der Waals surface area contributed by atoms with Gasteiger partial charge in [-0.2, -0.15) is 0 Å². The lowest BCUT2D eigenvalue weighted by atomic mass is 9.49. The number of rotatable bonds is 4. The summed E-state index contributed by atoms with van der Waals surface area (Å²) in [6.07, 6.45) is 13.6. The molecule has 0 spiro atoms. The Balaban J connectivity index is 1.47. The lowest BCUT2D eigenvalue weighted by molar-refractivity contribution is -0.0991. The molecule has 178 valence electrons. The van der Waals surface area contributed by atoms with Crippen LogP contribution in [0.25, 0.3) is 0 Å². The molecule has 2 unspecified atom stereocenters. The third kappa shape index (κ3) is 4.03. The van der Waals surface area contributed by atoms with Crippen molar-refractivity contribution in [3.8, 4) is 0 Å². The first kappa shape index (κ1) is 24.0. The molecule has 0 amide bonds. The summed E-state index contributed by atoms with van der Waals surface area (Å²) in [6, 6.07) is 0. The summed E-state index contributed by atoms with van der Waals surface area (Å²) in [5, 5.41) is 11.1. The van der Waals surface area contributed by atoms with Crippen molar-refractivity contribution in [3.63, 3.8) is 0 Å². The van der Waals surface area contributed by atoms with Gasteiger partial charge in [-0.25, -0.2) is 0 Å². The van der Waals surface area contributed by atoms with Crippen LogP contribution in [0.2, 0.25) is 18.1 Å². The second-order valence-corrected chi connectivity index (χ2v) is 18.6. The molecule has 4 saturated carbocycles. The lowest BCUT2D eigenvalue weighted by Gasteiger charge is -2.57. The van der Waals surface area contributed by atoms with E-state index in [2.05, 4.69) is 54.3 Å². The van der Waals surface area contributed by atoms with Crippen LogP contribution in [-0.2, 0) is 4.43 Å². The molecule has 9 atom stereocenters. The van der Waals surface area contributed by atoms with E-state index in [0.29, 0.717) is 11.5 Å². The fraction of sp³-hybridized carbons (Fsp3) is 0.929. The van der Waals surface area contributed by atoms with Gasteiger partial charge in [0.05, 0.1) is 5.60 Å². The van der Waals surface area contributed by atoms with Gasteiger partial charge in [-0.05, 0) is 124 Å². The summed E-state index contributed by atoms with van der Waals surface area (Å²) in [4.78, 5) is 0. The van der Waals surface area contributed by atoms with E-state index in [1.807, 2.05) is 6.08 Å². The zero-order chi connectivity index (χ0) is 22.8. The van der Waals surface area contributed by atoms with E-state index in [0.717, 1.165) is 48.3 Å². The monoisotopic (exact) mass is 446 g/mol. The zero-order valence-corrected chi connectivity index (χ0v) is 22.5. The molecule has 0 saturated heterocycles. The van der Waals surface area contributed by atoms with E-state index in [1.165, 1.54) is 44.9 Å². The number of hydrogen-bond donors (Lipinski definition) is 1. The maximum absolute atomic E-state index is 10.8. The maximum atomic E-state index is 10.8. The van der Waals surface area contributed by atoms with Crippen molar-refractivity contribution in [2.45, 2.75) is 122 Å². The molecular weight excluding hydrogens is 396 g/mol. The first-order valence-corrected chi connectivity index (χ1v) is 16.3. The van der Waals surface area contributed by atoms with Gasteiger partial charge in [-0.1, -0.05) is 33.8 Å². The Morgan fingerprint density at radius 1 is 1.00 bits per heavy atom. The van der Waals surface area contributed by atoms with E-state index in [-0.39, 0.29) is 5.04 Å². The number of aliphatic hydroxyl groups is 1. The largest absolute Gasteiger partial charge is 0.414 e. The van der Waals surface area contributed by atoms with Crippen LogP contribution < -0.4 is 0 Å². The van der Waals surface area contributed by atoms with Crippen molar-refractivity contribution in [2.24, 2.45) is 40.9 Å². The van der Waals surface area contributed by atoms with Gasteiger partial charge in [0, 0.05) is 6.10 Å². The van der Waals surface area contributed by atoms with Gasteiger partial charge in [-0.15, -0.1) is 6.58 Å². The van der Waals surface area contributed by atoms with E-state index >= 15 is 0 Å². The third-order valence-electron chi connectivity index (χ3n) is 11.4. The standard InChI is InChI=1S/C28H50O2Si/c1-9-28(29)17-15-21-20(18-28)10-11-23-22(21)14-16-27(6)24(12-13-25(23)27)19(2)30-31(7,8)26(3,4)5/h9,19-25,29H,1,10-18H2,2-8H3/t19?,20-,21+,22-,23-,24?,25+,27-,28-/m1/s1. The summed E-state index contributed by atoms with van der Waals surface area (Å²) in [5.41, 5.74) is -0.127. The van der Waals surface area contributed by atoms with Crippen LogP contribution in [0.5, 0.6) is 0 Å². The fourth-order valence-electron chi connectivity index (χ4n) is 8.63. The van der Waals surface area contributed by atoms with Crippen LogP contribution in [-0.4, -0.2) is 25.1 Å². The van der Waals surface area contributed by atoms with Crippen LogP contribution in [0.4, 0.5) is 0 Å². The Bertz CT molecular complexity index is 681. The summed E-state index contributed by atoms with van der Waals surface area (Å²) in [5.74, 6) is 5.01. The van der Waals surface area contributed by atoms with Crippen LogP contribution in [0.1, 0.15) is 92.4 Å². The van der Waals surface area contributed by atoms with Gasteiger partial charge in [-0.3, -0.25) is 0 Å². The van der Waals surface area contributed by atoms with Gasteiger partial charge in [0.25, 0.3) is 0 Å². The highest BCUT2D eigenvalue weighted by atomic mass is 28.4. The average Bonchev–Trinajstić information content (AvgIpc) is 3.03. The van der Waals surface area contributed by atoms with Gasteiger partial charge in [0.15, 0.2) is 8.32 Å². The Hall–Kier alpha value is -0.123. The molecule has 0 aromatic rings. The smallest absolute Gasteiger partial charge is 0.192 e. The molecule has 0 aromatic carbocycles. The van der Waals surface area contributed by atoms with E-state index in [9.17, 15) is 5.11 Å². The minimum Gasteiger partial charge on any atom is -0.414 e. The van der Waals surface area contributed by atoms with Crippen molar-refractivity contribution in [2.75, 3.05) is 0 Å². The number of hydrogen-bond acceptors (Lipinski definition) is 2. The van der Waals surface area contributed by atoms with E-state index in [1.54, 1.807) is 0 Å².